The van der Waals surface area contributed by atoms with Gasteiger partial charge in [-0.05, 0) is 15.9 Å². The van der Waals surface area contributed by atoms with Crippen molar-refractivity contribution in [3.63, 3.8) is 0 Å². The number of aromatic nitrogens is 1. The number of pyridine rings is 1. The molecule has 0 spiro atoms. The highest BCUT2D eigenvalue weighted by Crippen LogP contribution is 2.33. The van der Waals surface area contributed by atoms with E-state index in [1.165, 1.54) is 7.11 Å². The summed E-state index contributed by atoms with van der Waals surface area (Å²) in [6.45, 7) is 0. The first-order valence-electron chi connectivity index (χ1n) is 3.57. The molecule has 0 bridgehead atoms. The number of nitrogens with zero attached hydrogens (tertiary/aromatic N) is 1. The molecule has 1 aromatic rings. The van der Waals surface area contributed by atoms with Crippen LogP contribution in [0.15, 0.2) is 10.8 Å². The molecule has 1 heterocycles. The Bertz CT molecular complexity index is 357. The van der Waals surface area contributed by atoms with Gasteiger partial charge in [0.2, 0.25) is 0 Å². The minimum Gasteiger partial charge on any atom is -0.495 e. The highest BCUT2D eigenvalue weighted by Gasteiger charge is 2.19. The number of halogens is 3. The molecule has 0 aliphatic heterocycles. The summed E-state index contributed by atoms with van der Waals surface area (Å²) in [6, 6.07) is 0. The summed E-state index contributed by atoms with van der Waals surface area (Å²) in [5.41, 5.74) is -0.400. The third kappa shape index (κ3) is 1.89. The topological polar surface area (TPSA) is 39.2 Å². The number of alkyl halides is 2. The van der Waals surface area contributed by atoms with Gasteiger partial charge >= 0.3 is 0 Å². The van der Waals surface area contributed by atoms with Crippen LogP contribution in [0.5, 0.6) is 5.75 Å². The fourth-order valence-corrected chi connectivity index (χ4v) is 1.36. The molecule has 0 amide bonds. The number of carbonyl (C=O) groups excluding carboxylic acids is 1. The predicted octanol–water partition coefficient (Wildman–Crippen LogP) is 2.60. The fraction of sp³-hybridized carbons (Fsp3) is 0.250. The van der Waals surface area contributed by atoms with Gasteiger partial charge in [0.15, 0.2) is 6.29 Å². The molecule has 0 unspecified atom stereocenters. The van der Waals surface area contributed by atoms with Crippen LogP contribution < -0.4 is 4.74 Å². The van der Waals surface area contributed by atoms with Crippen LogP contribution in [-0.2, 0) is 0 Å². The first kappa shape index (κ1) is 11.0. The Morgan fingerprint density at radius 2 is 2.29 bits per heavy atom. The molecule has 0 aliphatic carbocycles. The zero-order valence-electron chi connectivity index (χ0n) is 7.13. The van der Waals surface area contributed by atoms with Crippen LogP contribution >= 0.6 is 15.9 Å². The molecule has 0 saturated carbocycles. The standard InChI is InChI=1S/C8H6BrF2NO2/c1-14-6-4(8(10)11)2-12-7(9)5(6)3-13/h2-3,8H,1H3. The molecule has 1 aromatic heterocycles. The van der Waals surface area contributed by atoms with E-state index in [9.17, 15) is 13.6 Å². The molecule has 0 saturated heterocycles. The van der Waals surface area contributed by atoms with Crippen molar-refractivity contribution in [2.45, 2.75) is 6.43 Å². The average molecular weight is 266 g/mol. The van der Waals surface area contributed by atoms with Crippen molar-refractivity contribution in [1.82, 2.24) is 4.98 Å². The van der Waals surface area contributed by atoms with Gasteiger partial charge in [0, 0.05) is 6.20 Å². The van der Waals surface area contributed by atoms with Gasteiger partial charge in [-0.15, -0.1) is 0 Å². The quantitative estimate of drug-likeness (QED) is 0.623. The molecule has 0 aliphatic rings. The largest absolute Gasteiger partial charge is 0.495 e. The minimum absolute atomic E-state index is 0.00898. The van der Waals surface area contributed by atoms with Crippen molar-refractivity contribution in [2.24, 2.45) is 0 Å². The lowest BCUT2D eigenvalue weighted by molar-refractivity contribution is 0.111. The lowest BCUT2D eigenvalue weighted by Crippen LogP contribution is -2.00. The Hall–Kier alpha value is -1.04. The van der Waals surface area contributed by atoms with Gasteiger partial charge in [-0.25, -0.2) is 13.8 Å². The highest BCUT2D eigenvalue weighted by atomic mass is 79.9. The monoisotopic (exact) mass is 265 g/mol. The Morgan fingerprint density at radius 1 is 1.64 bits per heavy atom. The molecule has 0 radical (unpaired) electrons. The van der Waals surface area contributed by atoms with Crippen molar-refractivity contribution in [2.75, 3.05) is 7.11 Å². The van der Waals surface area contributed by atoms with Crippen LogP contribution in [0.3, 0.4) is 0 Å². The van der Waals surface area contributed by atoms with Crippen LogP contribution in [-0.4, -0.2) is 18.4 Å². The normalized spacial score (nSPS) is 10.4. The second-order valence-electron chi connectivity index (χ2n) is 2.37. The predicted molar refractivity (Wildman–Crippen MR) is 48.8 cm³/mol. The van der Waals surface area contributed by atoms with E-state index in [0.29, 0.717) is 6.29 Å². The Kier molecular flexibility index (Phi) is 3.51. The lowest BCUT2D eigenvalue weighted by atomic mass is 10.2. The number of hydrogen-bond acceptors (Lipinski definition) is 3. The van der Waals surface area contributed by atoms with Crippen molar-refractivity contribution in [1.29, 1.82) is 0 Å². The van der Waals surface area contributed by atoms with E-state index >= 15 is 0 Å². The number of aldehydes is 1. The molecule has 3 nitrogen and oxygen atoms in total. The maximum absolute atomic E-state index is 12.4. The van der Waals surface area contributed by atoms with Crippen molar-refractivity contribution in [3.05, 3.63) is 21.9 Å². The zero-order chi connectivity index (χ0) is 10.7. The number of hydrogen-bond donors (Lipinski definition) is 0. The smallest absolute Gasteiger partial charge is 0.268 e. The second-order valence-corrected chi connectivity index (χ2v) is 3.12. The fourth-order valence-electron chi connectivity index (χ4n) is 0.989. The van der Waals surface area contributed by atoms with Crippen LogP contribution in [0.1, 0.15) is 22.3 Å². The Morgan fingerprint density at radius 3 is 2.71 bits per heavy atom. The second kappa shape index (κ2) is 4.45. The summed E-state index contributed by atoms with van der Waals surface area (Å²) in [5, 5.41) is 0. The van der Waals surface area contributed by atoms with E-state index in [-0.39, 0.29) is 15.9 Å². The van der Waals surface area contributed by atoms with Crippen LogP contribution in [0.2, 0.25) is 0 Å². The molecular weight excluding hydrogens is 260 g/mol. The van der Waals surface area contributed by atoms with E-state index < -0.39 is 12.0 Å². The van der Waals surface area contributed by atoms with Crippen LogP contribution in [0.4, 0.5) is 8.78 Å². The lowest BCUT2D eigenvalue weighted by Gasteiger charge is -2.09. The first-order chi connectivity index (χ1) is 6.61. The minimum atomic E-state index is -2.72. The van der Waals surface area contributed by atoms with Gasteiger partial charge in [-0.3, -0.25) is 4.79 Å². The molecule has 14 heavy (non-hydrogen) atoms. The summed E-state index contributed by atoms with van der Waals surface area (Å²) in [6.07, 6.45) is -1.33. The zero-order valence-corrected chi connectivity index (χ0v) is 8.72. The van der Waals surface area contributed by atoms with E-state index in [4.69, 9.17) is 4.74 Å². The van der Waals surface area contributed by atoms with Crippen molar-refractivity contribution >= 4 is 22.2 Å². The highest BCUT2D eigenvalue weighted by molar-refractivity contribution is 9.10. The maximum Gasteiger partial charge on any atom is 0.268 e. The van der Waals surface area contributed by atoms with Gasteiger partial charge in [-0.2, -0.15) is 0 Å². The van der Waals surface area contributed by atoms with Crippen LogP contribution in [0.25, 0.3) is 0 Å². The SMILES string of the molecule is COc1c(C(F)F)cnc(Br)c1C=O. The van der Waals surface area contributed by atoms with E-state index in [1.54, 1.807) is 0 Å². The van der Waals surface area contributed by atoms with Gasteiger partial charge in [-0.1, -0.05) is 0 Å². The molecule has 0 N–H and O–H groups in total. The van der Waals surface area contributed by atoms with E-state index in [1.807, 2.05) is 0 Å². The van der Waals surface area contributed by atoms with E-state index in [0.717, 1.165) is 6.20 Å². The summed E-state index contributed by atoms with van der Waals surface area (Å²) in [7, 11) is 1.22. The number of methoxy groups -OCH3 is 1. The summed E-state index contributed by atoms with van der Waals surface area (Å²) < 4.78 is 29.7. The molecule has 0 fully saturated rings. The van der Waals surface area contributed by atoms with E-state index in [2.05, 4.69) is 20.9 Å². The summed E-state index contributed by atoms with van der Waals surface area (Å²) in [4.78, 5) is 14.2. The summed E-state index contributed by atoms with van der Waals surface area (Å²) >= 11 is 2.96. The number of rotatable bonds is 3. The first-order valence-corrected chi connectivity index (χ1v) is 4.36. The van der Waals surface area contributed by atoms with Crippen molar-refractivity contribution in [3.8, 4) is 5.75 Å². The van der Waals surface area contributed by atoms with Crippen LogP contribution in [0, 0.1) is 0 Å². The Labute approximate surface area is 87.2 Å². The third-order valence-electron chi connectivity index (χ3n) is 1.60. The average Bonchev–Trinajstić information content (AvgIpc) is 2.16. The molecule has 1 rings (SSSR count). The Balaban J connectivity index is 3.40. The van der Waals surface area contributed by atoms with Gasteiger partial charge in [0.1, 0.15) is 10.4 Å². The van der Waals surface area contributed by atoms with Gasteiger partial charge in [0.05, 0.1) is 18.2 Å². The summed E-state index contributed by atoms with van der Waals surface area (Å²) in [5.74, 6) is -0.142. The molecule has 0 atom stereocenters. The number of carbonyl (C=O) groups is 1. The number of ether oxygens (including phenoxy) is 1. The van der Waals surface area contributed by atoms with Crippen molar-refractivity contribution < 1.29 is 18.3 Å². The molecule has 6 heteroatoms. The van der Waals surface area contributed by atoms with Gasteiger partial charge < -0.3 is 4.74 Å². The molecule has 76 valence electrons. The third-order valence-corrected chi connectivity index (χ3v) is 2.24. The molecule has 0 aromatic carbocycles. The maximum atomic E-state index is 12.4. The molecular formula is C8H6BrF2NO2. The van der Waals surface area contributed by atoms with Gasteiger partial charge in [0.25, 0.3) is 6.43 Å².